The van der Waals surface area contributed by atoms with E-state index in [4.69, 9.17) is 4.74 Å². The Morgan fingerprint density at radius 3 is 2.37 bits per heavy atom. The van der Waals surface area contributed by atoms with Crippen molar-refractivity contribution in [3.63, 3.8) is 0 Å². The van der Waals surface area contributed by atoms with Gasteiger partial charge in [-0.25, -0.2) is 0 Å². The van der Waals surface area contributed by atoms with E-state index in [2.05, 4.69) is 29.0 Å². The molecule has 0 spiro atoms. The molecule has 2 aromatic rings. The number of aromatic carboxylic acids is 1. The third-order valence-electron chi connectivity index (χ3n) is 7.96. The number of piperazine rings is 1. The average molecular weight is 486 g/mol. The molecular formula is C27H32N3NaO4. The standard InChI is InChI=1S/C27H33N3O4.Na/c1-28-17-21(14-20-15-23-19(16-24(20)28)4-3-5-25(23)34-2)26(31)30-12-10-29(11-13-30)22-8-6-18(7-9-22)27(32)33;/h3-9,20-21,24H,10-17H2,1-2H3,(H,32,33);/q;+1/p-1/t20-,21-,24-;/m1./s1. The summed E-state index contributed by atoms with van der Waals surface area (Å²) in [7, 11) is 3.90. The van der Waals surface area contributed by atoms with Crippen LogP contribution in [0.5, 0.6) is 5.75 Å². The molecule has 8 heteroatoms. The molecule has 180 valence electrons. The zero-order valence-corrected chi connectivity index (χ0v) is 22.9. The van der Waals surface area contributed by atoms with Gasteiger partial charge in [-0.15, -0.1) is 0 Å². The number of rotatable bonds is 4. The molecule has 0 saturated carbocycles. The predicted octanol–water partition coefficient (Wildman–Crippen LogP) is -1.55. The Bertz CT molecular complexity index is 1070. The molecular weight excluding hydrogens is 453 g/mol. The van der Waals surface area contributed by atoms with Gasteiger partial charge in [0.25, 0.3) is 0 Å². The molecule has 2 saturated heterocycles. The molecule has 2 heterocycles. The van der Waals surface area contributed by atoms with E-state index < -0.39 is 5.97 Å². The summed E-state index contributed by atoms with van der Waals surface area (Å²) >= 11 is 0. The number of ether oxygens (including phenoxy) is 1. The molecule has 2 aromatic carbocycles. The van der Waals surface area contributed by atoms with Gasteiger partial charge in [0.05, 0.1) is 19.0 Å². The van der Waals surface area contributed by atoms with Crippen LogP contribution in [0.2, 0.25) is 0 Å². The summed E-state index contributed by atoms with van der Waals surface area (Å²) in [6.07, 6.45) is 2.91. The number of carbonyl (C=O) groups excluding carboxylic acids is 2. The van der Waals surface area contributed by atoms with Crippen LogP contribution in [0.1, 0.15) is 27.9 Å². The molecule has 35 heavy (non-hydrogen) atoms. The number of nitrogens with zero attached hydrogens (tertiary/aromatic N) is 3. The van der Waals surface area contributed by atoms with E-state index in [1.807, 2.05) is 23.1 Å². The van der Waals surface area contributed by atoms with Crippen LogP contribution in [0.3, 0.4) is 0 Å². The van der Waals surface area contributed by atoms with E-state index in [0.29, 0.717) is 25.0 Å². The molecule has 5 rings (SSSR count). The van der Waals surface area contributed by atoms with Gasteiger partial charge in [-0.1, -0.05) is 24.3 Å². The van der Waals surface area contributed by atoms with Gasteiger partial charge < -0.3 is 29.3 Å². The molecule has 1 amide bonds. The number of hydrogen-bond donors (Lipinski definition) is 0. The monoisotopic (exact) mass is 485 g/mol. The van der Waals surface area contributed by atoms with Gasteiger partial charge in [0.2, 0.25) is 5.91 Å². The normalized spacial score (nSPS) is 24.1. The number of fused-ring (bicyclic) bond motifs is 2. The summed E-state index contributed by atoms with van der Waals surface area (Å²) < 4.78 is 5.63. The SMILES string of the molecule is COc1cccc2c1C[C@H]1C[C@@H](C(=O)N3CCN(c4ccc(C(=O)[O-])cc4)CC3)CN(C)[C@@H]1C2.[Na+]. The zero-order chi connectivity index (χ0) is 23.8. The second-order valence-corrected chi connectivity index (χ2v) is 9.85. The van der Waals surface area contributed by atoms with E-state index in [1.54, 1.807) is 19.2 Å². The number of carbonyl (C=O) groups is 2. The zero-order valence-electron chi connectivity index (χ0n) is 20.9. The number of benzene rings is 2. The Balaban J connectivity index is 0.00000289. The first-order chi connectivity index (χ1) is 16.4. The van der Waals surface area contributed by atoms with Crippen LogP contribution < -0.4 is 44.3 Å². The molecule has 0 aromatic heterocycles. The minimum atomic E-state index is -1.17. The van der Waals surface area contributed by atoms with Gasteiger partial charge in [-0.3, -0.25) is 4.79 Å². The summed E-state index contributed by atoms with van der Waals surface area (Å²) in [6.45, 7) is 3.67. The largest absolute Gasteiger partial charge is 1.00 e. The van der Waals surface area contributed by atoms with Crippen molar-refractivity contribution in [2.24, 2.45) is 11.8 Å². The summed E-state index contributed by atoms with van der Waals surface area (Å²) in [4.78, 5) is 31.1. The number of likely N-dealkylation sites (N-methyl/N-ethyl adjacent to an activating group) is 1. The second kappa shape index (κ2) is 10.9. The predicted molar refractivity (Wildman–Crippen MR) is 128 cm³/mol. The van der Waals surface area contributed by atoms with Crippen molar-refractivity contribution in [2.75, 3.05) is 51.8 Å². The Morgan fingerprint density at radius 2 is 1.71 bits per heavy atom. The van der Waals surface area contributed by atoms with Gasteiger partial charge >= 0.3 is 29.6 Å². The fourth-order valence-electron chi connectivity index (χ4n) is 6.13. The fraction of sp³-hybridized carbons (Fsp3) is 0.481. The fourth-order valence-corrected chi connectivity index (χ4v) is 6.13. The number of amides is 1. The topological polar surface area (TPSA) is 76.1 Å². The molecule has 0 N–H and O–H groups in total. The summed E-state index contributed by atoms with van der Waals surface area (Å²) in [5.74, 6) is 0.553. The first-order valence-electron chi connectivity index (χ1n) is 12.1. The molecule has 0 unspecified atom stereocenters. The van der Waals surface area contributed by atoms with Gasteiger partial charge in [-0.05, 0) is 67.1 Å². The Kier molecular flexibility index (Phi) is 8.11. The Hall–Kier alpha value is -2.06. The molecule has 2 aliphatic heterocycles. The van der Waals surface area contributed by atoms with Crippen molar-refractivity contribution >= 4 is 17.6 Å². The molecule has 0 radical (unpaired) electrons. The van der Waals surface area contributed by atoms with Crippen molar-refractivity contribution in [3.05, 3.63) is 59.2 Å². The minimum absolute atomic E-state index is 0. The van der Waals surface area contributed by atoms with Crippen LogP contribution in [0.25, 0.3) is 0 Å². The number of carboxylic acids is 1. The number of anilines is 1. The van der Waals surface area contributed by atoms with Crippen molar-refractivity contribution < 1.29 is 49.0 Å². The first-order valence-corrected chi connectivity index (χ1v) is 12.1. The van der Waals surface area contributed by atoms with Crippen molar-refractivity contribution in [3.8, 4) is 5.75 Å². The summed E-state index contributed by atoms with van der Waals surface area (Å²) in [6, 6.07) is 13.6. The van der Waals surface area contributed by atoms with Gasteiger partial charge in [0, 0.05) is 44.5 Å². The molecule has 3 atom stereocenters. The van der Waals surface area contributed by atoms with E-state index in [1.165, 1.54) is 11.1 Å². The van der Waals surface area contributed by atoms with Crippen molar-refractivity contribution in [1.29, 1.82) is 0 Å². The summed E-state index contributed by atoms with van der Waals surface area (Å²) in [5.41, 5.74) is 3.85. The number of carboxylic acid groups (broad SMARTS) is 1. The molecule has 7 nitrogen and oxygen atoms in total. The number of piperidine rings is 1. The van der Waals surface area contributed by atoms with Crippen molar-refractivity contribution in [2.45, 2.75) is 25.3 Å². The minimum Gasteiger partial charge on any atom is -0.545 e. The summed E-state index contributed by atoms with van der Waals surface area (Å²) in [5, 5.41) is 11.0. The molecule has 2 fully saturated rings. The van der Waals surface area contributed by atoms with E-state index in [-0.39, 0.29) is 46.9 Å². The van der Waals surface area contributed by atoms with Gasteiger partial charge in [-0.2, -0.15) is 0 Å². The smallest absolute Gasteiger partial charge is 0.545 e. The Morgan fingerprint density at radius 1 is 1.00 bits per heavy atom. The van der Waals surface area contributed by atoms with E-state index in [9.17, 15) is 14.7 Å². The quantitative estimate of drug-likeness (QED) is 0.488. The Labute approximate surface area is 229 Å². The average Bonchev–Trinajstić information content (AvgIpc) is 2.87. The second-order valence-electron chi connectivity index (χ2n) is 9.85. The van der Waals surface area contributed by atoms with Crippen molar-refractivity contribution in [1.82, 2.24) is 9.80 Å². The molecule has 1 aliphatic carbocycles. The van der Waals surface area contributed by atoms with E-state index >= 15 is 0 Å². The van der Waals surface area contributed by atoms with Crippen LogP contribution in [0.4, 0.5) is 5.69 Å². The number of methoxy groups -OCH3 is 1. The van der Waals surface area contributed by atoms with Crippen LogP contribution in [0.15, 0.2) is 42.5 Å². The van der Waals surface area contributed by atoms with Gasteiger partial charge in [0.15, 0.2) is 0 Å². The van der Waals surface area contributed by atoms with Crippen LogP contribution in [-0.4, -0.2) is 74.6 Å². The third-order valence-corrected chi connectivity index (χ3v) is 7.96. The maximum atomic E-state index is 13.5. The maximum Gasteiger partial charge on any atom is 1.00 e. The van der Waals surface area contributed by atoms with Gasteiger partial charge in [0.1, 0.15) is 5.75 Å². The third kappa shape index (κ3) is 5.24. The first kappa shape index (κ1) is 26.0. The molecule has 3 aliphatic rings. The van der Waals surface area contributed by atoms with Crippen LogP contribution in [-0.2, 0) is 17.6 Å². The number of likely N-dealkylation sites (tertiary alicyclic amines) is 1. The number of hydrogen-bond acceptors (Lipinski definition) is 6. The van der Waals surface area contributed by atoms with E-state index in [0.717, 1.165) is 50.3 Å². The van der Waals surface area contributed by atoms with Crippen LogP contribution in [0, 0.1) is 11.8 Å². The maximum absolute atomic E-state index is 13.5. The molecule has 0 bridgehead atoms. The van der Waals surface area contributed by atoms with Crippen LogP contribution >= 0.6 is 0 Å².